The number of hydrogen-bond donors (Lipinski definition) is 1. The molecule has 2 rings (SSSR count). The Bertz CT molecular complexity index is 788. The van der Waals surface area contributed by atoms with Crippen LogP contribution in [-0.2, 0) is 12.9 Å². The van der Waals surface area contributed by atoms with Gasteiger partial charge in [0, 0.05) is 18.6 Å². The Hall–Kier alpha value is -2.31. The average molecular weight is 313 g/mol. The molecule has 1 N–H and O–H groups in total. The molecule has 0 radical (unpaired) electrons. The lowest BCUT2D eigenvalue weighted by molar-refractivity contribution is -0.385. The Kier molecular flexibility index (Phi) is 2.59. The van der Waals surface area contributed by atoms with E-state index >= 15 is 0 Å². The zero-order valence-electron chi connectivity index (χ0n) is 17.4. The average Bonchev–Trinajstić information content (AvgIpc) is 2.42. The predicted molar refractivity (Wildman–Crippen MR) is 80.2 cm³/mol. The van der Waals surface area contributed by atoms with Crippen LogP contribution in [0.2, 0.25) is 0 Å². The van der Waals surface area contributed by atoms with E-state index in [1.165, 1.54) is 0 Å². The number of fused-ring (bicyclic) bond motifs is 1. The lowest BCUT2D eigenvalue weighted by Crippen LogP contribution is -2.50. The van der Waals surface area contributed by atoms with Gasteiger partial charge in [-0.2, -0.15) is 0 Å². The molecule has 0 saturated carbocycles. The second kappa shape index (κ2) is 5.47. The Balaban J connectivity index is 2.73. The molecule has 7 nitrogen and oxygen atoms in total. The Labute approximate surface area is 135 Å². The highest BCUT2D eigenvalue weighted by atomic mass is 16.6. The summed E-state index contributed by atoms with van der Waals surface area (Å²) in [5.41, 5.74) is -1.32. The lowest BCUT2D eigenvalue weighted by Gasteiger charge is -2.42. The number of benzene rings is 1. The van der Waals surface area contributed by atoms with Crippen LogP contribution < -0.4 is 4.74 Å². The summed E-state index contributed by atoms with van der Waals surface area (Å²) in [5.74, 6) is -0.508. The van der Waals surface area contributed by atoms with Crippen molar-refractivity contribution in [1.82, 2.24) is 4.90 Å². The van der Waals surface area contributed by atoms with Crippen molar-refractivity contribution >= 4 is 11.8 Å². The van der Waals surface area contributed by atoms with Gasteiger partial charge in [0.25, 0.3) is 0 Å². The number of methoxy groups -OCH3 is 1. The zero-order chi connectivity index (χ0) is 20.9. The molecule has 7 heteroatoms. The van der Waals surface area contributed by atoms with Crippen LogP contribution >= 0.6 is 0 Å². The highest BCUT2D eigenvalue weighted by molar-refractivity contribution is 5.67. The normalized spacial score (nSPS) is 24.0. The van der Waals surface area contributed by atoms with Gasteiger partial charge in [-0.05, 0) is 29.0 Å². The van der Waals surface area contributed by atoms with Crippen molar-refractivity contribution in [3.63, 3.8) is 0 Å². The molecule has 1 aromatic rings. The third-order valence-corrected chi connectivity index (χ3v) is 3.66. The molecule has 1 amide bonds. The third kappa shape index (κ3) is 2.84. The molecule has 22 heavy (non-hydrogen) atoms. The van der Waals surface area contributed by atoms with Gasteiger partial charge in [-0.15, -0.1) is 0 Å². The third-order valence-electron chi connectivity index (χ3n) is 3.66. The maximum atomic E-state index is 11.8. The van der Waals surface area contributed by atoms with Crippen molar-refractivity contribution in [3.8, 4) is 5.75 Å². The largest absolute Gasteiger partial charge is 0.490 e. The van der Waals surface area contributed by atoms with Crippen LogP contribution in [0.4, 0.5) is 10.5 Å². The molecule has 0 saturated heterocycles. The van der Waals surface area contributed by atoms with Crippen molar-refractivity contribution in [2.45, 2.75) is 39.7 Å². The van der Waals surface area contributed by atoms with Gasteiger partial charge < -0.3 is 14.7 Å². The SMILES string of the molecule is [2H]C([2H])([2H])Oc1cc2c(cc1[N+](=O)[O-])C([2H])([2H])N(C(=O)O)C(C(C)(C)C)C2. The van der Waals surface area contributed by atoms with Crippen LogP contribution in [0.15, 0.2) is 12.1 Å². The summed E-state index contributed by atoms with van der Waals surface area (Å²) in [6, 6.07) is 1.19. The molecule has 1 aromatic carbocycles. The smallest absolute Gasteiger partial charge is 0.407 e. The lowest BCUT2D eigenvalue weighted by atomic mass is 9.78. The first-order chi connectivity index (χ1) is 12.1. The highest BCUT2D eigenvalue weighted by Crippen LogP contribution is 2.38. The fourth-order valence-corrected chi connectivity index (χ4v) is 2.49. The van der Waals surface area contributed by atoms with Gasteiger partial charge in [0.2, 0.25) is 0 Å². The molecule has 0 fully saturated rings. The second-order valence-corrected chi connectivity index (χ2v) is 6.19. The molecular formula is C15H20N2O5. The van der Waals surface area contributed by atoms with Gasteiger partial charge in [0.05, 0.1) is 18.8 Å². The highest BCUT2D eigenvalue weighted by Gasteiger charge is 2.38. The van der Waals surface area contributed by atoms with E-state index in [9.17, 15) is 20.0 Å². The van der Waals surface area contributed by atoms with Crippen LogP contribution in [0.3, 0.4) is 0 Å². The first-order valence-corrected chi connectivity index (χ1v) is 6.59. The monoisotopic (exact) mass is 313 g/mol. The van der Waals surface area contributed by atoms with Crippen LogP contribution in [0.1, 0.15) is 38.8 Å². The van der Waals surface area contributed by atoms with Crippen molar-refractivity contribution in [1.29, 1.82) is 0 Å². The topological polar surface area (TPSA) is 92.9 Å². The number of hydrogen-bond acceptors (Lipinski definition) is 4. The van der Waals surface area contributed by atoms with Gasteiger partial charge in [-0.1, -0.05) is 20.8 Å². The molecule has 120 valence electrons. The fraction of sp³-hybridized carbons (Fsp3) is 0.533. The van der Waals surface area contributed by atoms with Crippen LogP contribution in [0.5, 0.6) is 5.75 Å². The summed E-state index contributed by atoms with van der Waals surface area (Å²) in [6.07, 6.45) is -1.43. The van der Waals surface area contributed by atoms with Crippen LogP contribution in [0, 0.1) is 15.5 Å². The number of nitrogens with zero attached hydrogens (tertiary/aromatic N) is 2. The Morgan fingerprint density at radius 2 is 2.23 bits per heavy atom. The summed E-state index contributed by atoms with van der Waals surface area (Å²) < 4.78 is 42.9. The van der Waals surface area contributed by atoms with E-state index in [0.29, 0.717) is 4.90 Å². The summed E-state index contributed by atoms with van der Waals surface area (Å²) >= 11 is 0. The number of carbonyl (C=O) groups is 1. The zero-order valence-corrected chi connectivity index (χ0v) is 12.4. The van der Waals surface area contributed by atoms with Gasteiger partial charge in [0.1, 0.15) is 0 Å². The van der Waals surface area contributed by atoms with Gasteiger partial charge in [-0.25, -0.2) is 4.79 Å². The molecule has 1 unspecified atom stereocenters. The molecule has 0 spiro atoms. The van der Waals surface area contributed by atoms with Gasteiger partial charge >= 0.3 is 11.8 Å². The number of nitro groups is 1. The second-order valence-electron chi connectivity index (χ2n) is 6.19. The first-order valence-electron chi connectivity index (χ1n) is 9.09. The Morgan fingerprint density at radius 1 is 1.55 bits per heavy atom. The number of amides is 1. The maximum absolute atomic E-state index is 11.8. The predicted octanol–water partition coefficient (Wildman–Crippen LogP) is 3.05. The molecule has 1 atom stereocenters. The van der Waals surface area contributed by atoms with E-state index < -0.39 is 47.4 Å². The molecule has 1 heterocycles. The van der Waals surface area contributed by atoms with Gasteiger partial charge in [0.15, 0.2) is 5.75 Å². The summed E-state index contributed by atoms with van der Waals surface area (Å²) in [4.78, 5) is 22.9. The van der Waals surface area contributed by atoms with Crippen LogP contribution in [-0.4, -0.2) is 34.1 Å². The van der Waals surface area contributed by atoms with Crippen molar-refractivity contribution in [2.24, 2.45) is 5.41 Å². The number of ether oxygens (including phenoxy) is 1. The molecule has 1 aliphatic rings. The van der Waals surface area contributed by atoms with E-state index in [1.807, 2.05) is 0 Å². The van der Waals surface area contributed by atoms with E-state index in [2.05, 4.69) is 0 Å². The maximum Gasteiger partial charge on any atom is 0.407 e. The minimum Gasteiger partial charge on any atom is -0.490 e. The fourth-order valence-electron chi connectivity index (χ4n) is 2.49. The quantitative estimate of drug-likeness (QED) is 0.669. The Morgan fingerprint density at radius 3 is 2.73 bits per heavy atom. The number of nitro benzene ring substituents is 1. The molecule has 0 aliphatic carbocycles. The number of carboxylic acid groups (broad SMARTS) is 1. The molecule has 0 aromatic heterocycles. The van der Waals surface area contributed by atoms with E-state index in [-0.39, 0.29) is 17.5 Å². The summed E-state index contributed by atoms with van der Waals surface area (Å²) in [7, 11) is -2.93. The summed E-state index contributed by atoms with van der Waals surface area (Å²) in [5, 5.41) is 20.9. The van der Waals surface area contributed by atoms with E-state index in [4.69, 9.17) is 11.6 Å². The van der Waals surface area contributed by atoms with Crippen molar-refractivity contribution < 1.29 is 26.4 Å². The molecule has 1 aliphatic heterocycles. The minimum absolute atomic E-state index is 0.0556. The van der Waals surface area contributed by atoms with E-state index in [1.54, 1.807) is 20.8 Å². The van der Waals surface area contributed by atoms with E-state index in [0.717, 1.165) is 12.1 Å². The van der Waals surface area contributed by atoms with Gasteiger partial charge in [-0.3, -0.25) is 10.1 Å². The molecule has 0 bridgehead atoms. The standard InChI is InChI=1S/C15H20N2O5/c1-15(2,3)13-7-9-6-12(22-4)11(17(20)21)5-10(9)8-16(13)14(18)19/h5-6,13H,7-8H2,1-4H3,(H,18,19)/i4D3,8D2. The van der Waals surface area contributed by atoms with Crippen LogP contribution in [0.25, 0.3) is 0 Å². The first kappa shape index (κ1) is 10.4. The van der Waals surface area contributed by atoms with Crippen molar-refractivity contribution in [2.75, 3.05) is 7.04 Å². The summed E-state index contributed by atoms with van der Waals surface area (Å²) in [6.45, 7) is 2.71. The number of rotatable bonds is 2. The van der Waals surface area contributed by atoms with Crippen molar-refractivity contribution in [3.05, 3.63) is 33.4 Å². The molecular weight excluding hydrogens is 288 g/mol. The minimum atomic E-state index is -2.93.